The lowest BCUT2D eigenvalue weighted by molar-refractivity contribution is -0.143. The van der Waals surface area contributed by atoms with E-state index < -0.39 is 45.5 Å². The van der Waals surface area contributed by atoms with E-state index in [0.29, 0.717) is 16.9 Å². The molecule has 0 radical (unpaired) electrons. The minimum absolute atomic E-state index is 0.00597. The number of carboxylic acids is 1. The first-order chi connectivity index (χ1) is 21.5. The molecule has 1 fully saturated rings. The van der Waals surface area contributed by atoms with Crippen LogP contribution in [-0.4, -0.2) is 61.8 Å². The van der Waals surface area contributed by atoms with Crippen LogP contribution in [0, 0.1) is 11.7 Å². The molecule has 4 aromatic rings. The van der Waals surface area contributed by atoms with Crippen molar-refractivity contribution in [1.82, 2.24) is 9.88 Å². The molecule has 0 saturated carbocycles. The molecule has 0 spiro atoms. The molecule has 1 aromatic heterocycles. The standard InChI is InChI=1S/C32H33FN4O7S/c1-4-45(41,42)27-8-6-5-7-21(27)29-22(32(39)40)12-14-37(29)31(38)28(23-16-25(43-2)26(44-3)17-24(23)33)36-19-9-10-20-18(15-19)11-13-35-30(20)34/h5-11,13,15-17,22,28-29,36H,4,12,14H2,1-3H3,(H2,34,35)(H,39,40)/t22-,28-,29-/m0/s1. The highest BCUT2D eigenvalue weighted by molar-refractivity contribution is 7.91. The van der Waals surface area contributed by atoms with Crippen molar-refractivity contribution in [3.05, 3.63) is 83.8 Å². The minimum Gasteiger partial charge on any atom is -0.493 e. The van der Waals surface area contributed by atoms with Crippen molar-refractivity contribution < 1.29 is 37.0 Å². The number of likely N-dealkylation sites (tertiary alicyclic amines) is 1. The Balaban J connectivity index is 1.66. The highest BCUT2D eigenvalue weighted by atomic mass is 32.2. The van der Waals surface area contributed by atoms with E-state index in [1.54, 1.807) is 42.6 Å². The molecule has 11 nitrogen and oxygen atoms in total. The molecule has 4 N–H and O–H groups in total. The number of nitrogens with one attached hydrogen (secondary N) is 1. The van der Waals surface area contributed by atoms with Gasteiger partial charge in [0.25, 0.3) is 0 Å². The van der Waals surface area contributed by atoms with Crippen LogP contribution in [0.3, 0.4) is 0 Å². The Morgan fingerprint density at radius 1 is 1.11 bits per heavy atom. The summed E-state index contributed by atoms with van der Waals surface area (Å²) >= 11 is 0. The Morgan fingerprint density at radius 3 is 2.51 bits per heavy atom. The largest absolute Gasteiger partial charge is 0.493 e. The maximum atomic E-state index is 15.8. The second kappa shape index (κ2) is 12.6. The first-order valence-electron chi connectivity index (χ1n) is 14.2. The summed E-state index contributed by atoms with van der Waals surface area (Å²) in [6, 6.07) is 12.9. The van der Waals surface area contributed by atoms with E-state index in [9.17, 15) is 23.1 Å². The lowest BCUT2D eigenvalue weighted by Gasteiger charge is -2.32. The third-order valence-electron chi connectivity index (χ3n) is 8.12. The number of nitrogens with zero attached hydrogens (tertiary/aromatic N) is 2. The second-order valence-corrected chi connectivity index (χ2v) is 12.8. The summed E-state index contributed by atoms with van der Waals surface area (Å²) in [5.41, 5.74) is 6.56. The number of amides is 1. The van der Waals surface area contributed by atoms with E-state index in [-0.39, 0.29) is 46.2 Å². The second-order valence-electron chi connectivity index (χ2n) is 10.6. The smallest absolute Gasteiger partial charge is 0.309 e. The molecule has 0 bridgehead atoms. The van der Waals surface area contributed by atoms with Crippen molar-refractivity contribution in [2.45, 2.75) is 30.3 Å². The minimum atomic E-state index is -3.79. The Bertz CT molecular complexity index is 1890. The normalized spacial score (nSPS) is 17.2. The molecule has 1 saturated heterocycles. The van der Waals surface area contributed by atoms with Gasteiger partial charge >= 0.3 is 5.97 Å². The third-order valence-corrected chi connectivity index (χ3v) is 9.92. The number of fused-ring (bicyclic) bond motifs is 1. The SMILES string of the molecule is CCS(=O)(=O)c1ccccc1[C@H]1[C@@H](C(=O)O)CCN1C(=O)[C@@H](Nc1ccc2c(N)nccc2c1)c1cc(OC)c(OC)cc1F. The summed E-state index contributed by atoms with van der Waals surface area (Å²) < 4.78 is 52.6. The Kier molecular flexibility index (Phi) is 8.82. The van der Waals surface area contributed by atoms with Crippen LogP contribution >= 0.6 is 0 Å². The van der Waals surface area contributed by atoms with Gasteiger partial charge in [-0.25, -0.2) is 17.8 Å². The van der Waals surface area contributed by atoms with Gasteiger partial charge in [-0.1, -0.05) is 25.1 Å². The predicted molar refractivity (Wildman–Crippen MR) is 166 cm³/mol. The number of aromatic nitrogens is 1. The zero-order valence-electron chi connectivity index (χ0n) is 24.9. The van der Waals surface area contributed by atoms with Crippen LogP contribution in [0.2, 0.25) is 0 Å². The van der Waals surface area contributed by atoms with Crippen LogP contribution in [0.5, 0.6) is 11.5 Å². The number of hydrogen-bond donors (Lipinski definition) is 3. The van der Waals surface area contributed by atoms with E-state index in [1.165, 1.54) is 44.2 Å². The van der Waals surface area contributed by atoms with Crippen molar-refractivity contribution in [3.8, 4) is 11.5 Å². The number of pyridine rings is 1. The lowest BCUT2D eigenvalue weighted by Crippen LogP contribution is -2.40. The van der Waals surface area contributed by atoms with Crippen LogP contribution < -0.4 is 20.5 Å². The molecule has 5 rings (SSSR count). The maximum absolute atomic E-state index is 15.8. The van der Waals surface area contributed by atoms with Gasteiger partial charge < -0.3 is 30.5 Å². The molecule has 0 unspecified atom stereocenters. The van der Waals surface area contributed by atoms with Gasteiger partial charge in [-0.2, -0.15) is 0 Å². The van der Waals surface area contributed by atoms with Crippen molar-refractivity contribution >= 4 is 44.0 Å². The molecule has 1 aliphatic heterocycles. The van der Waals surface area contributed by atoms with E-state index in [0.717, 1.165) is 11.5 Å². The fourth-order valence-electron chi connectivity index (χ4n) is 5.83. The van der Waals surface area contributed by atoms with Crippen molar-refractivity contribution in [3.63, 3.8) is 0 Å². The van der Waals surface area contributed by atoms with Gasteiger partial charge in [0.2, 0.25) is 5.91 Å². The highest BCUT2D eigenvalue weighted by Crippen LogP contribution is 2.43. The molecule has 13 heteroatoms. The summed E-state index contributed by atoms with van der Waals surface area (Å²) in [4.78, 5) is 32.4. The van der Waals surface area contributed by atoms with Crippen LogP contribution in [-0.2, 0) is 19.4 Å². The molecule has 45 heavy (non-hydrogen) atoms. The average molecular weight is 637 g/mol. The first-order valence-corrected chi connectivity index (χ1v) is 15.8. The molecule has 1 amide bonds. The van der Waals surface area contributed by atoms with Gasteiger partial charge in [0, 0.05) is 35.4 Å². The van der Waals surface area contributed by atoms with Crippen LogP contribution in [0.1, 0.15) is 36.6 Å². The van der Waals surface area contributed by atoms with E-state index >= 15 is 4.39 Å². The summed E-state index contributed by atoms with van der Waals surface area (Å²) in [5, 5.41) is 14.7. The van der Waals surface area contributed by atoms with Crippen molar-refractivity contribution in [2.24, 2.45) is 5.92 Å². The van der Waals surface area contributed by atoms with Crippen LogP contribution in [0.15, 0.2) is 71.8 Å². The lowest BCUT2D eigenvalue weighted by atomic mass is 9.93. The monoisotopic (exact) mass is 636 g/mol. The number of nitrogen functional groups attached to an aromatic ring is 1. The Labute approximate surface area is 259 Å². The van der Waals surface area contributed by atoms with Gasteiger partial charge in [-0.05, 0) is 53.8 Å². The van der Waals surface area contributed by atoms with Gasteiger partial charge in [-0.15, -0.1) is 0 Å². The molecular formula is C32H33FN4O7S. The van der Waals surface area contributed by atoms with Crippen LogP contribution in [0.25, 0.3) is 10.8 Å². The molecule has 0 aliphatic carbocycles. The number of rotatable bonds is 10. The van der Waals surface area contributed by atoms with Gasteiger partial charge in [0.1, 0.15) is 17.7 Å². The average Bonchev–Trinajstić information content (AvgIpc) is 3.49. The van der Waals surface area contributed by atoms with Crippen molar-refractivity contribution in [1.29, 1.82) is 0 Å². The number of anilines is 2. The fraction of sp³-hybridized carbons (Fsp3) is 0.281. The predicted octanol–water partition coefficient (Wildman–Crippen LogP) is 4.59. The number of methoxy groups -OCH3 is 2. The number of carbonyl (C=O) groups is 2. The van der Waals surface area contributed by atoms with Gasteiger partial charge in [0.15, 0.2) is 21.3 Å². The summed E-state index contributed by atoms with van der Waals surface area (Å²) in [6.07, 6.45) is 1.61. The molecule has 1 aliphatic rings. The first kappa shape index (κ1) is 31.5. The van der Waals surface area contributed by atoms with E-state index in [2.05, 4.69) is 10.3 Å². The Hall–Kier alpha value is -4.91. The molecule has 3 aromatic carbocycles. The number of hydrogen-bond acceptors (Lipinski definition) is 9. The van der Waals surface area contributed by atoms with Crippen molar-refractivity contribution in [2.75, 3.05) is 37.6 Å². The summed E-state index contributed by atoms with van der Waals surface area (Å²) in [6.45, 7) is 1.49. The summed E-state index contributed by atoms with van der Waals surface area (Å²) in [5.74, 6) is -3.33. The Morgan fingerprint density at radius 2 is 1.82 bits per heavy atom. The molecular weight excluding hydrogens is 603 g/mol. The number of carboxylic acid groups (broad SMARTS) is 1. The summed E-state index contributed by atoms with van der Waals surface area (Å²) in [7, 11) is -1.05. The van der Waals surface area contributed by atoms with Crippen LogP contribution in [0.4, 0.5) is 15.9 Å². The number of carbonyl (C=O) groups excluding carboxylic acids is 1. The number of aliphatic carboxylic acids is 1. The molecule has 236 valence electrons. The number of nitrogens with two attached hydrogens (primary N) is 1. The number of benzene rings is 3. The molecule has 2 heterocycles. The third kappa shape index (κ3) is 5.95. The zero-order chi connectivity index (χ0) is 32.5. The van der Waals surface area contributed by atoms with Gasteiger partial charge in [0.05, 0.1) is 36.8 Å². The maximum Gasteiger partial charge on any atom is 0.309 e. The fourth-order valence-corrected chi connectivity index (χ4v) is 6.98. The highest BCUT2D eigenvalue weighted by Gasteiger charge is 2.46. The van der Waals surface area contributed by atoms with Gasteiger partial charge in [-0.3, -0.25) is 9.59 Å². The topological polar surface area (TPSA) is 161 Å². The zero-order valence-corrected chi connectivity index (χ0v) is 25.7. The molecule has 3 atom stereocenters. The number of sulfone groups is 1. The number of halogens is 1. The van der Waals surface area contributed by atoms with E-state index in [1.807, 2.05) is 0 Å². The van der Waals surface area contributed by atoms with E-state index in [4.69, 9.17) is 15.2 Å². The number of ether oxygens (including phenoxy) is 2. The quantitative estimate of drug-likeness (QED) is 0.224.